The van der Waals surface area contributed by atoms with Gasteiger partial charge < -0.3 is 14.6 Å². The van der Waals surface area contributed by atoms with Crippen LogP contribution in [-0.2, 0) is 20.8 Å². The number of ether oxygens (including phenoxy) is 2. The van der Waals surface area contributed by atoms with Crippen LogP contribution in [0.1, 0.15) is 12.0 Å². The second-order valence-electron chi connectivity index (χ2n) is 4.26. The minimum Gasteiger partial charge on any atom is -0.508 e. The average Bonchev–Trinajstić information content (AvgIpc) is 2.41. The van der Waals surface area contributed by atoms with E-state index >= 15 is 0 Å². The molecule has 1 N–H and O–H groups in total. The van der Waals surface area contributed by atoms with Gasteiger partial charge >= 0.3 is 5.97 Å². The van der Waals surface area contributed by atoms with E-state index < -0.39 is 0 Å². The Balaban J connectivity index is 2.55. The highest BCUT2D eigenvalue weighted by Crippen LogP contribution is 2.13. The van der Waals surface area contributed by atoms with E-state index in [9.17, 15) is 9.90 Å². The van der Waals surface area contributed by atoms with Crippen molar-refractivity contribution in [3.05, 3.63) is 29.8 Å². The van der Waals surface area contributed by atoms with Crippen LogP contribution in [0.3, 0.4) is 0 Å². The molecule has 1 aromatic carbocycles. The van der Waals surface area contributed by atoms with E-state index in [4.69, 9.17) is 4.74 Å². The van der Waals surface area contributed by atoms with Gasteiger partial charge in [0, 0.05) is 26.7 Å². The van der Waals surface area contributed by atoms with Crippen LogP contribution < -0.4 is 0 Å². The molecule has 0 aliphatic heterocycles. The molecule has 5 nitrogen and oxygen atoms in total. The first-order chi connectivity index (χ1) is 9.15. The number of rotatable bonds is 8. The predicted octanol–water partition coefficient (Wildman–Crippen LogP) is 1.40. The van der Waals surface area contributed by atoms with Gasteiger partial charge in [-0.3, -0.25) is 9.69 Å². The van der Waals surface area contributed by atoms with E-state index in [2.05, 4.69) is 9.64 Å². The molecule has 0 saturated carbocycles. The summed E-state index contributed by atoms with van der Waals surface area (Å²) in [5.41, 5.74) is 1.00. The van der Waals surface area contributed by atoms with Gasteiger partial charge in [-0.2, -0.15) is 0 Å². The standard InChI is InChI=1S/C14H21NO4/c1-18-9-8-15(7-6-14(17)19-2)11-12-4-3-5-13(16)10-12/h3-5,10,16H,6-9,11H2,1-2H3. The Hall–Kier alpha value is -1.59. The Bertz CT molecular complexity index is 395. The lowest BCUT2D eigenvalue weighted by atomic mass is 10.2. The van der Waals surface area contributed by atoms with E-state index in [1.54, 1.807) is 25.3 Å². The third-order valence-electron chi connectivity index (χ3n) is 2.79. The van der Waals surface area contributed by atoms with Crippen molar-refractivity contribution in [3.8, 4) is 5.75 Å². The molecule has 1 aromatic rings. The number of aromatic hydroxyl groups is 1. The molecule has 0 aliphatic carbocycles. The van der Waals surface area contributed by atoms with Gasteiger partial charge in [0.05, 0.1) is 20.1 Å². The molecule has 106 valence electrons. The van der Waals surface area contributed by atoms with Gasteiger partial charge in [-0.25, -0.2) is 0 Å². The van der Waals surface area contributed by atoms with Crippen LogP contribution in [0.4, 0.5) is 0 Å². The van der Waals surface area contributed by atoms with Crippen molar-refractivity contribution in [2.24, 2.45) is 0 Å². The van der Waals surface area contributed by atoms with Crippen LogP contribution in [0, 0.1) is 0 Å². The van der Waals surface area contributed by atoms with Gasteiger partial charge in [0.15, 0.2) is 0 Å². The number of nitrogens with zero attached hydrogens (tertiary/aromatic N) is 1. The maximum atomic E-state index is 11.2. The topological polar surface area (TPSA) is 59.0 Å². The number of benzene rings is 1. The van der Waals surface area contributed by atoms with Crippen molar-refractivity contribution < 1.29 is 19.4 Å². The van der Waals surface area contributed by atoms with Gasteiger partial charge in [-0.15, -0.1) is 0 Å². The summed E-state index contributed by atoms with van der Waals surface area (Å²) in [5, 5.41) is 9.44. The lowest BCUT2D eigenvalue weighted by Crippen LogP contribution is -2.29. The first kappa shape index (κ1) is 15.5. The number of carbonyl (C=O) groups excluding carboxylic acids is 1. The largest absolute Gasteiger partial charge is 0.508 e. The molecule has 0 radical (unpaired) electrons. The van der Waals surface area contributed by atoms with Gasteiger partial charge in [0.2, 0.25) is 0 Å². The number of carbonyl (C=O) groups is 1. The van der Waals surface area contributed by atoms with Crippen LogP contribution in [0.5, 0.6) is 5.75 Å². The molecule has 0 fully saturated rings. The number of phenolic OH excluding ortho intramolecular Hbond substituents is 1. The molecular formula is C14H21NO4. The fourth-order valence-electron chi connectivity index (χ4n) is 1.75. The predicted molar refractivity (Wildman–Crippen MR) is 71.9 cm³/mol. The molecule has 1 rings (SSSR count). The van der Waals surface area contributed by atoms with Crippen molar-refractivity contribution in [2.45, 2.75) is 13.0 Å². The Morgan fingerprint density at radius 3 is 2.74 bits per heavy atom. The van der Waals surface area contributed by atoms with E-state index in [0.717, 1.165) is 12.1 Å². The highest BCUT2D eigenvalue weighted by molar-refractivity contribution is 5.69. The van der Waals surface area contributed by atoms with Crippen molar-refractivity contribution in [2.75, 3.05) is 33.9 Å². The van der Waals surface area contributed by atoms with Crippen molar-refractivity contribution >= 4 is 5.97 Å². The summed E-state index contributed by atoms with van der Waals surface area (Å²) in [4.78, 5) is 13.3. The van der Waals surface area contributed by atoms with E-state index in [0.29, 0.717) is 26.1 Å². The first-order valence-corrected chi connectivity index (χ1v) is 6.21. The van der Waals surface area contributed by atoms with Crippen molar-refractivity contribution in [3.63, 3.8) is 0 Å². The van der Waals surface area contributed by atoms with E-state index in [-0.39, 0.29) is 11.7 Å². The molecule has 0 aliphatic rings. The first-order valence-electron chi connectivity index (χ1n) is 6.21. The normalized spacial score (nSPS) is 10.7. The monoisotopic (exact) mass is 267 g/mol. The van der Waals surface area contributed by atoms with Gasteiger partial charge in [0.1, 0.15) is 5.75 Å². The second-order valence-corrected chi connectivity index (χ2v) is 4.26. The summed E-state index contributed by atoms with van der Waals surface area (Å²) in [5.74, 6) is 0.0236. The lowest BCUT2D eigenvalue weighted by molar-refractivity contribution is -0.141. The minimum absolute atomic E-state index is 0.224. The molecule has 5 heteroatoms. The zero-order valence-electron chi connectivity index (χ0n) is 11.5. The van der Waals surface area contributed by atoms with Crippen LogP contribution in [0.15, 0.2) is 24.3 Å². The third-order valence-corrected chi connectivity index (χ3v) is 2.79. The Kier molecular flexibility index (Phi) is 6.92. The van der Waals surface area contributed by atoms with Crippen molar-refractivity contribution in [1.29, 1.82) is 0 Å². The highest BCUT2D eigenvalue weighted by atomic mass is 16.5. The fraction of sp³-hybridized carbons (Fsp3) is 0.500. The maximum Gasteiger partial charge on any atom is 0.306 e. The van der Waals surface area contributed by atoms with Crippen molar-refractivity contribution in [1.82, 2.24) is 4.90 Å². The summed E-state index contributed by atoms with van der Waals surface area (Å²) < 4.78 is 9.70. The van der Waals surface area contributed by atoms with Crippen LogP contribution >= 0.6 is 0 Å². The van der Waals surface area contributed by atoms with Gasteiger partial charge in [-0.05, 0) is 17.7 Å². The summed E-state index contributed by atoms with van der Waals surface area (Å²) >= 11 is 0. The number of phenols is 1. The summed E-state index contributed by atoms with van der Waals surface area (Å²) in [6, 6.07) is 7.10. The maximum absolute atomic E-state index is 11.2. The van der Waals surface area contributed by atoms with Gasteiger partial charge in [-0.1, -0.05) is 12.1 Å². The summed E-state index contributed by atoms with van der Waals surface area (Å²) in [7, 11) is 3.03. The van der Waals surface area contributed by atoms with Gasteiger partial charge in [0.25, 0.3) is 0 Å². The quantitative estimate of drug-likeness (QED) is 0.722. The summed E-state index contributed by atoms with van der Waals surface area (Å²) in [6.07, 6.45) is 0.346. The number of esters is 1. The zero-order valence-corrected chi connectivity index (χ0v) is 11.5. The molecular weight excluding hydrogens is 246 g/mol. The average molecular weight is 267 g/mol. The molecule has 0 unspecified atom stereocenters. The summed E-state index contributed by atoms with van der Waals surface area (Å²) in [6.45, 7) is 2.59. The number of hydrogen-bond donors (Lipinski definition) is 1. The Labute approximate surface area is 113 Å². The SMILES string of the molecule is COCCN(CCC(=O)OC)Cc1cccc(O)c1. The molecule has 0 aromatic heterocycles. The fourth-order valence-corrected chi connectivity index (χ4v) is 1.75. The third kappa shape index (κ3) is 6.22. The molecule has 0 spiro atoms. The smallest absolute Gasteiger partial charge is 0.306 e. The van der Waals surface area contributed by atoms with Crippen LogP contribution in [-0.4, -0.2) is 49.9 Å². The Morgan fingerprint density at radius 2 is 2.11 bits per heavy atom. The molecule has 0 atom stereocenters. The van der Waals surface area contributed by atoms with E-state index in [1.165, 1.54) is 7.11 Å². The number of hydrogen-bond acceptors (Lipinski definition) is 5. The van der Waals surface area contributed by atoms with Crippen LogP contribution in [0.2, 0.25) is 0 Å². The van der Waals surface area contributed by atoms with Crippen LogP contribution in [0.25, 0.3) is 0 Å². The molecule has 19 heavy (non-hydrogen) atoms. The minimum atomic E-state index is -0.224. The second kappa shape index (κ2) is 8.50. The lowest BCUT2D eigenvalue weighted by Gasteiger charge is -2.21. The highest BCUT2D eigenvalue weighted by Gasteiger charge is 2.09. The number of methoxy groups -OCH3 is 2. The zero-order chi connectivity index (χ0) is 14.1. The Morgan fingerprint density at radius 1 is 1.32 bits per heavy atom. The van der Waals surface area contributed by atoms with E-state index in [1.807, 2.05) is 6.07 Å². The molecule has 0 bridgehead atoms. The molecule has 0 saturated heterocycles. The molecule has 0 heterocycles. The molecule has 0 amide bonds.